The monoisotopic (exact) mass is 285 g/mol. The molecule has 0 atom stereocenters. The molecule has 0 unspecified atom stereocenters. The maximum Gasteiger partial charge on any atom is 0.163 e. The average Bonchev–Trinajstić information content (AvgIpc) is 2.47. The van der Waals surface area contributed by atoms with Gasteiger partial charge < -0.3 is 5.73 Å². The highest BCUT2D eigenvalue weighted by molar-refractivity contribution is 5.96. The van der Waals surface area contributed by atoms with Gasteiger partial charge in [0.2, 0.25) is 0 Å². The Hall–Kier alpha value is -1.15. The van der Waals surface area contributed by atoms with E-state index in [9.17, 15) is 4.79 Å². The zero-order valence-corrected chi connectivity index (χ0v) is 12.9. The first-order valence-electron chi connectivity index (χ1n) is 8.56. The second kappa shape index (κ2) is 6.31. The normalized spacial score (nSPS) is 21.8. The summed E-state index contributed by atoms with van der Waals surface area (Å²) in [5.41, 5.74) is 8.35. The maximum absolute atomic E-state index is 12.6. The van der Waals surface area contributed by atoms with Crippen LogP contribution in [0.1, 0.15) is 79.6 Å². The van der Waals surface area contributed by atoms with Gasteiger partial charge in [0.25, 0.3) is 0 Å². The van der Waals surface area contributed by atoms with Gasteiger partial charge >= 0.3 is 0 Å². The van der Waals surface area contributed by atoms with Crippen LogP contribution >= 0.6 is 0 Å². The molecule has 0 radical (unpaired) electrons. The van der Waals surface area contributed by atoms with E-state index in [4.69, 9.17) is 5.73 Å². The quantitative estimate of drug-likeness (QED) is 0.813. The zero-order chi connectivity index (χ0) is 14.7. The number of benzene rings is 1. The van der Waals surface area contributed by atoms with E-state index in [2.05, 4.69) is 12.1 Å². The maximum atomic E-state index is 12.6. The van der Waals surface area contributed by atoms with Crippen molar-refractivity contribution in [1.29, 1.82) is 0 Å². The van der Waals surface area contributed by atoms with E-state index in [1.807, 2.05) is 12.1 Å². The minimum Gasteiger partial charge on any atom is -0.330 e. The van der Waals surface area contributed by atoms with Crippen molar-refractivity contribution in [1.82, 2.24) is 0 Å². The van der Waals surface area contributed by atoms with E-state index >= 15 is 0 Å². The number of hydrogen-bond donors (Lipinski definition) is 1. The van der Waals surface area contributed by atoms with Crippen LogP contribution < -0.4 is 5.73 Å². The topological polar surface area (TPSA) is 43.1 Å². The smallest absolute Gasteiger partial charge is 0.163 e. The Morgan fingerprint density at radius 1 is 1.05 bits per heavy atom. The number of nitrogens with two attached hydrogens (primary N) is 1. The molecule has 2 aliphatic carbocycles. The fourth-order valence-corrected chi connectivity index (χ4v) is 3.88. The first-order chi connectivity index (χ1) is 10.2. The second-order valence-corrected chi connectivity index (χ2v) is 7.11. The van der Waals surface area contributed by atoms with Crippen LogP contribution in [0.3, 0.4) is 0 Å². The van der Waals surface area contributed by atoms with Gasteiger partial charge in [0.1, 0.15) is 0 Å². The van der Waals surface area contributed by atoms with Crippen LogP contribution in [-0.4, -0.2) is 12.3 Å². The Bertz CT molecular complexity index is 481. The Morgan fingerprint density at radius 3 is 2.24 bits per heavy atom. The van der Waals surface area contributed by atoms with Gasteiger partial charge in [-0.25, -0.2) is 0 Å². The molecule has 2 fully saturated rings. The van der Waals surface area contributed by atoms with Crippen LogP contribution in [0.4, 0.5) is 0 Å². The molecule has 2 nitrogen and oxygen atoms in total. The molecule has 1 aromatic carbocycles. The van der Waals surface area contributed by atoms with Crippen molar-refractivity contribution in [2.45, 2.75) is 63.7 Å². The molecular weight excluding hydrogens is 258 g/mol. The van der Waals surface area contributed by atoms with E-state index in [0.717, 1.165) is 24.3 Å². The van der Waals surface area contributed by atoms with E-state index in [1.54, 1.807) is 0 Å². The van der Waals surface area contributed by atoms with Gasteiger partial charge in [-0.15, -0.1) is 0 Å². The molecule has 0 aliphatic heterocycles. The highest BCUT2D eigenvalue weighted by Gasteiger charge is 2.33. The highest BCUT2D eigenvalue weighted by atomic mass is 16.1. The molecular formula is C19H27NO. The lowest BCUT2D eigenvalue weighted by atomic mass is 9.70. The zero-order valence-electron chi connectivity index (χ0n) is 12.9. The van der Waals surface area contributed by atoms with Crippen LogP contribution in [0.25, 0.3) is 0 Å². The van der Waals surface area contributed by atoms with E-state index in [1.165, 1.54) is 44.1 Å². The summed E-state index contributed by atoms with van der Waals surface area (Å²) < 4.78 is 0. The van der Waals surface area contributed by atoms with E-state index in [-0.39, 0.29) is 11.2 Å². The van der Waals surface area contributed by atoms with Crippen LogP contribution in [-0.2, 0) is 0 Å². The van der Waals surface area contributed by atoms with Crippen molar-refractivity contribution in [3.05, 3.63) is 35.4 Å². The number of Topliss-reactive ketones (excluding diaryl/α,β-unsaturated/α-hetero) is 1. The van der Waals surface area contributed by atoms with E-state index < -0.39 is 0 Å². The van der Waals surface area contributed by atoms with Crippen molar-refractivity contribution >= 4 is 5.78 Å². The largest absolute Gasteiger partial charge is 0.330 e. The first kappa shape index (κ1) is 14.8. The van der Waals surface area contributed by atoms with Gasteiger partial charge in [0, 0.05) is 12.0 Å². The van der Waals surface area contributed by atoms with Crippen molar-refractivity contribution in [2.24, 2.45) is 11.1 Å². The van der Waals surface area contributed by atoms with Gasteiger partial charge in [-0.1, -0.05) is 49.9 Å². The minimum atomic E-state index is 0.0714. The van der Waals surface area contributed by atoms with Gasteiger partial charge in [-0.05, 0) is 49.1 Å². The summed E-state index contributed by atoms with van der Waals surface area (Å²) in [4.78, 5) is 12.6. The summed E-state index contributed by atoms with van der Waals surface area (Å²) in [7, 11) is 0. The number of rotatable bonds is 5. The molecule has 0 aromatic heterocycles. The molecule has 3 rings (SSSR count). The molecule has 2 heteroatoms. The van der Waals surface area contributed by atoms with Crippen LogP contribution in [0.5, 0.6) is 0 Å². The number of carbonyl (C=O) groups excluding carboxylic acids is 1. The Labute approximate surface area is 128 Å². The molecule has 0 heterocycles. The van der Waals surface area contributed by atoms with Crippen LogP contribution in [0.15, 0.2) is 24.3 Å². The molecule has 2 N–H and O–H groups in total. The highest BCUT2D eigenvalue weighted by Crippen LogP contribution is 2.40. The molecule has 114 valence electrons. The lowest BCUT2D eigenvalue weighted by Gasteiger charge is -2.35. The molecule has 0 amide bonds. The van der Waals surface area contributed by atoms with Gasteiger partial charge in [0.15, 0.2) is 5.78 Å². The summed E-state index contributed by atoms with van der Waals surface area (Å²) in [5.74, 6) is 1.02. The molecule has 2 aliphatic rings. The lowest BCUT2D eigenvalue weighted by molar-refractivity contribution is 0.0868. The molecule has 0 saturated heterocycles. The fraction of sp³-hybridized carbons (Fsp3) is 0.632. The number of hydrogen-bond acceptors (Lipinski definition) is 2. The fourth-order valence-electron chi connectivity index (χ4n) is 3.88. The first-order valence-corrected chi connectivity index (χ1v) is 8.56. The standard InChI is InChI=1S/C19H27NO/c20-14-19(11-2-1-3-12-19)13-18(21)17-9-7-16(8-10-17)15-5-4-6-15/h7-10,15H,1-6,11-14,20H2. The predicted octanol–water partition coefficient (Wildman–Crippen LogP) is 4.44. The van der Waals surface area contributed by atoms with Crippen molar-refractivity contribution in [3.8, 4) is 0 Å². The van der Waals surface area contributed by atoms with Crippen molar-refractivity contribution < 1.29 is 4.79 Å². The molecule has 1 aromatic rings. The second-order valence-electron chi connectivity index (χ2n) is 7.11. The van der Waals surface area contributed by atoms with Crippen LogP contribution in [0.2, 0.25) is 0 Å². The molecule has 2 saturated carbocycles. The average molecular weight is 285 g/mol. The summed E-state index contributed by atoms with van der Waals surface area (Å²) in [6.45, 7) is 0.652. The summed E-state index contributed by atoms with van der Waals surface area (Å²) in [6.07, 6.45) is 10.6. The van der Waals surface area contributed by atoms with Gasteiger partial charge in [-0.3, -0.25) is 4.79 Å². The Balaban J connectivity index is 1.66. The lowest BCUT2D eigenvalue weighted by Crippen LogP contribution is -2.35. The Kier molecular flexibility index (Phi) is 4.44. The van der Waals surface area contributed by atoms with E-state index in [0.29, 0.717) is 13.0 Å². The summed E-state index contributed by atoms with van der Waals surface area (Å²) in [5, 5.41) is 0. The van der Waals surface area contributed by atoms with Gasteiger partial charge in [-0.2, -0.15) is 0 Å². The third-order valence-corrected chi connectivity index (χ3v) is 5.69. The third kappa shape index (κ3) is 3.21. The summed E-state index contributed by atoms with van der Waals surface area (Å²) in [6, 6.07) is 8.38. The summed E-state index contributed by atoms with van der Waals surface area (Å²) >= 11 is 0. The van der Waals surface area contributed by atoms with Crippen molar-refractivity contribution in [2.75, 3.05) is 6.54 Å². The predicted molar refractivity (Wildman–Crippen MR) is 86.6 cm³/mol. The molecule has 21 heavy (non-hydrogen) atoms. The molecule has 0 spiro atoms. The number of carbonyl (C=O) groups is 1. The van der Waals surface area contributed by atoms with Crippen molar-refractivity contribution in [3.63, 3.8) is 0 Å². The third-order valence-electron chi connectivity index (χ3n) is 5.69. The molecule has 0 bridgehead atoms. The van der Waals surface area contributed by atoms with Crippen LogP contribution in [0, 0.1) is 5.41 Å². The Morgan fingerprint density at radius 2 is 1.71 bits per heavy atom. The minimum absolute atomic E-state index is 0.0714. The SMILES string of the molecule is NCC1(CC(=O)c2ccc(C3CCC3)cc2)CCCCC1. The number of ketones is 1. The van der Waals surface area contributed by atoms with Gasteiger partial charge in [0.05, 0.1) is 0 Å².